The summed E-state index contributed by atoms with van der Waals surface area (Å²) >= 11 is 4.04. The summed E-state index contributed by atoms with van der Waals surface area (Å²) in [6.45, 7) is 3.20. The Morgan fingerprint density at radius 1 is 1.39 bits per heavy atom. The van der Waals surface area contributed by atoms with Gasteiger partial charge < -0.3 is 15.2 Å². The molecule has 0 unspecified atom stereocenters. The molecule has 0 aromatic heterocycles. The zero-order valence-corrected chi connectivity index (χ0v) is 16.7. The number of benzene rings is 1. The van der Waals surface area contributed by atoms with Crippen molar-refractivity contribution in [1.82, 2.24) is 5.32 Å². The number of ether oxygens (including phenoxy) is 1. The molecule has 1 amide bonds. The van der Waals surface area contributed by atoms with Crippen LogP contribution in [0.5, 0.6) is 5.75 Å². The Balaban J connectivity index is 3.10. The molecule has 0 radical (unpaired) electrons. The molecule has 122 valence electrons. The number of nitriles is 1. The Bertz CT molecular complexity index is 670. The van der Waals surface area contributed by atoms with E-state index in [0.29, 0.717) is 18.5 Å². The molecule has 2 N–H and O–H groups in total. The molecule has 0 aliphatic carbocycles. The number of carboxylic acid groups (broad SMARTS) is 1. The number of rotatable bonds is 6. The summed E-state index contributed by atoms with van der Waals surface area (Å²) in [5.74, 6) is -1.02. The third kappa shape index (κ3) is 6.34. The number of carbonyl (C=O) groups excluding carboxylic acids is 1. The average Bonchev–Trinajstić information content (AvgIpc) is 2.42. The lowest BCUT2D eigenvalue weighted by Gasteiger charge is -2.10. The third-order valence-corrected chi connectivity index (χ3v) is 4.06. The molecule has 1 aromatic rings. The summed E-state index contributed by atoms with van der Waals surface area (Å²) in [5.41, 5.74) is 0.668. The minimum Gasteiger partial charge on any atom is -0.480 e. The van der Waals surface area contributed by atoms with Crippen molar-refractivity contribution in [2.45, 2.75) is 19.9 Å². The van der Waals surface area contributed by atoms with Crippen LogP contribution in [0.15, 0.2) is 17.7 Å². The van der Waals surface area contributed by atoms with Crippen LogP contribution in [0.3, 0.4) is 0 Å². The van der Waals surface area contributed by atoms with Crippen LogP contribution in [-0.4, -0.2) is 29.6 Å². The van der Waals surface area contributed by atoms with Gasteiger partial charge >= 0.3 is 5.97 Å². The molecule has 0 fully saturated rings. The van der Waals surface area contributed by atoms with Crippen molar-refractivity contribution < 1.29 is 19.4 Å². The van der Waals surface area contributed by atoms with Gasteiger partial charge in [0, 0.05) is 6.04 Å². The van der Waals surface area contributed by atoms with E-state index in [1.807, 2.05) is 65.1 Å². The number of carboxylic acids is 1. The molecular formula is C15H14I2N2O4. The molecule has 0 saturated carbocycles. The number of halogens is 2. The van der Waals surface area contributed by atoms with Crippen molar-refractivity contribution in [3.63, 3.8) is 0 Å². The van der Waals surface area contributed by atoms with E-state index in [0.717, 1.165) is 0 Å². The molecule has 0 aliphatic heterocycles. The van der Waals surface area contributed by atoms with Crippen LogP contribution in [-0.2, 0) is 9.59 Å². The summed E-state index contributed by atoms with van der Waals surface area (Å²) in [7, 11) is 0. The van der Waals surface area contributed by atoms with Crippen LogP contribution in [0.2, 0.25) is 0 Å². The standard InChI is InChI=1S/C15H14I2N2O4/c1-8(2)19-15(22)10(6-18)3-9-4-11(16)14(12(17)5-9)23-7-13(20)21/h3-5,8H,7H2,1-2H3,(H,19,22)(H,20,21)/b10-3-. The van der Waals surface area contributed by atoms with Gasteiger partial charge in [0.05, 0.1) is 7.14 Å². The lowest BCUT2D eigenvalue weighted by molar-refractivity contribution is -0.139. The molecule has 0 saturated heterocycles. The van der Waals surface area contributed by atoms with Gasteiger partial charge in [-0.3, -0.25) is 4.79 Å². The number of aliphatic carboxylic acids is 1. The van der Waals surface area contributed by atoms with E-state index in [1.165, 1.54) is 6.08 Å². The summed E-state index contributed by atoms with van der Waals surface area (Å²) in [6, 6.07) is 5.27. The predicted octanol–water partition coefficient (Wildman–Crippen LogP) is 2.79. The van der Waals surface area contributed by atoms with Crippen LogP contribution in [0.25, 0.3) is 6.08 Å². The first-order valence-corrected chi connectivity index (χ1v) is 8.66. The van der Waals surface area contributed by atoms with Crippen molar-refractivity contribution in [1.29, 1.82) is 5.26 Å². The fourth-order valence-electron chi connectivity index (χ4n) is 1.59. The van der Waals surface area contributed by atoms with E-state index in [2.05, 4.69) is 5.32 Å². The third-order valence-electron chi connectivity index (χ3n) is 2.46. The number of nitrogens with one attached hydrogen (secondary N) is 1. The molecule has 6 nitrogen and oxygen atoms in total. The van der Waals surface area contributed by atoms with Crippen LogP contribution in [0.1, 0.15) is 19.4 Å². The normalized spacial score (nSPS) is 11.0. The van der Waals surface area contributed by atoms with Crippen molar-refractivity contribution in [3.05, 3.63) is 30.4 Å². The highest BCUT2D eigenvalue weighted by atomic mass is 127. The van der Waals surface area contributed by atoms with Gasteiger partial charge in [-0.1, -0.05) is 0 Å². The van der Waals surface area contributed by atoms with Crippen LogP contribution in [0, 0.1) is 18.5 Å². The van der Waals surface area contributed by atoms with E-state index in [4.69, 9.17) is 15.1 Å². The first kappa shape index (κ1) is 19.7. The van der Waals surface area contributed by atoms with Crippen LogP contribution < -0.4 is 10.1 Å². The topological polar surface area (TPSA) is 99.4 Å². The Morgan fingerprint density at radius 3 is 2.39 bits per heavy atom. The zero-order valence-electron chi connectivity index (χ0n) is 12.4. The maximum absolute atomic E-state index is 11.9. The second-order valence-corrected chi connectivity index (χ2v) is 7.12. The highest BCUT2D eigenvalue weighted by Crippen LogP contribution is 2.29. The second kappa shape index (κ2) is 9.07. The Kier molecular flexibility index (Phi) is 7.77. The SMILES string of the molecule is CC(C)NC(=O)/C(C#N)=C\c1cc(I)c(OCC(=O)O)c(I)c1. The molecule has 1 aromatic carbocycles. The molecule has 0 atom stereocenters. The minimum atomic E-state index is -1.06. The van der Waals surface area contributed by atoms with Crippen LogP contribution >= 0.6 is 45.2 Å². The summed E-state index contributed by atoms with van der Waals surface area (Å²) in [5, 5.41) is 20.5. The molecule has 1 rings (SSSR count). The van der Waals surface area contributed by atoms with E-state index >= 15 is 0 Å². The molecule has 0 spiro atoms. The lowest BCUT2D eigenvalue weighted by atomic mass is 10.1. The Labute approximate surface area is 161 Å². The fraction of sp³-hybridized carbons (Fsp3) is 0.267. The highest BCUT2D eigenvalue weighted by Gasteiger charge is 2.13. The van der Waals surface area contributed by atoms with Gasteiger partial charge in [0.15, 0.2) is 6.61 Å². The molecule has 0 heterocycles. The molecular weight excluding hydrogens is 526 g/mol. The van der Waals surface area contributed by atoms with E-state index in [1.54, 1.807) is 12.1 Å². The summed E-state index contributed by atoms with van der Waals surface area (Å²) in [4.78, 5) is 22.5. The number of amides is 1. The number of carbonyl (C=O) groups is 2. The van der Waals surface area contributed by atoms with E-state index in [9.17, 15) is 9.59 Å². The van der Waals surface area contributed by atoms with Gasteiger partial charge in [-0.05, 0) is 82.8 Å². The molecule has 8 heteroatoms. The van der Waals surface area contributed by atoms with Gasteiger partial charge in [0.1, 0.15) is 17.4 Å². The second-order valence-electron chi connectivity index (χ2n) is 4.79. The summed E-state index contributed by atoms with van der Waals surface area (Å²) in [6.07, 6.45) is 1.49. The van der Waals surface area contributed by atoms with Crippen molar-refractivity contribution >= 4 is 63.1 Å². The van der Waals surface area contributed by atoms with E-state index < -0.39 is 18.5 Å². The largest absolute Gasteiger partial charge is 0.480 e. The average molecular weight is 540 g/mol. The van der Waals surface area contributed by atoms with Gasteiger partial charge in [-0.15, -0.1) is 0 Å². The van der Waals surface area contributed by atoms with Crippen LogP contribution in [0.4, 0.5) is 0 Å². The Hall–Kier alpha value is -1.35. The number of hydrogen-bond acceptors (Lipinski definition) is 4. The van der Waals surface area contributed by atoms with E-state index in [-0.39, 0.29) is 11.6 Å². The number of hydrogen-bond donors (Lipinski definition) is 2. The number of nitrogens with zero attached hydrogens (tertiary/aromatic N) is 1. The zero-order chi connectivity index (χ0) is 17.6. The van der Waals surface area contributed by atoms with Crippen molar-refractivity contribution in [2.75, 3.05) is 6.61 Å². The quantitative estimate of drug-likeness (QED) is 0.329. The van der Waals surface area contributed by atoms with Gasteiger partial charge in [-0.2, -0.15) is 5.26 Å². The maximum atomic E-state index is 11.9. The highest BCUT2D eigenvalue weighted by molar-refractivity contribution is 14.1. The lowest BCUT2D eigenvalue weighted by Crippen LogP contribution is -2.30. The smallest absolute Gasteiger partial charge is 0.341 e. The van der Waals surface area contributed by atoms with Gasteiger partial charge in [0.2, 0.25) is 0 Å². The van der Waals surface area contributed by atoms with Gasteiger partial charge in [-0.25, -0.2) is 4.79 Å². The first-order chi connectivity index (χ1) is 10.7. The molecule has 0 bridgehead atoms. The first-order valence-electron chi connectivity index (χ1n) is 6.51. The monoisotopic (exact) mass is 540 g/mol. The Morgan fingerprint density at radius 2 is 1.96 bits per heavy atom. The predicted molar refractivity (Wildman–Crippen MR) is 102 cm³/mol. The minimum absolute atomic E-state index is 0.00417. The fourth-order valence-corrected chi connectivity index (χ4v) is 3.72. The molecule has 0 aliphatic rings. The maximum Gasteiger partial charge on any atom is 0.341 e. The van der Waals surface area contributed by atoms with Gasteiger partial charge in [0.25, 0.3) is 5.91 Å². The molecule has 23 heavy (non-hydrogen) atoms. The van der Waals surface area contributed by atoms with Crippen molar-refractivity contribution in [2.24, 2.45) is 0 Å². The summed E-state index contributed by atoms with van der Waals surface area (Å²) < 4.78 is 6.63. The van der Waals surface area contributed by atoms with Crippen molar-refractivity contribution in [3.8, 4) is 11.8 Å².